The number of nitrogens with zero attached hydrogens (tertiary/aromatic N) is 6. The first kappa shape index (κ1) is 20.4. The highest BCUT2D eigenvalue weighted by atomic mass is 16.5. The van der Waals surface area contributed by atoms with Gasteiger partial charge in [-0.15, -0.1) is 0 Å². The molecule has 0 unspecified atom stereocenters. The van der Waals surface area contributed by atoms with Gasteiger partial charge in [0.2, 0.25) is 5.95 Å². The number of urea groups is 1. The van der Waals surface area contributed by atoms with Crippen molar-refractivity contribution in [3.05, 3.63) is 72.3 Å². The number of piperazine rings is 1. The molecule has 2 amide bonds. The summed E-state index contributed by atoms with van der Waals surface area (Å²) in [6, 6.07) is 17.1. The monoisotopic (exact) mass is 467 g/mol. The van der Waals surface area contributed by atoms with Crippen molar-refractivity contribution < 1.29 is 9.53 Å². The third-order valence-corrected chi connectivity index (χ3v) is 7.25. The number of anilines is 1. The van der Waals surface area contributed by atoms with Gasteiger partial charge < -0.3 is 24.4 Å². The molecule has 0 saturated carbocycles. The van der Waals surface area contributed by atoms with Crippen LogP contribution in [0.1, 0.15) is 17.4 Å². The van der Waals surface area contributed by atoms with Crippen LogP contribution in [0.4, 0.5) is 10.7 Å². The maximum atomic E-state index is 11.9. The maximum Gasteiger partial charge on any atom is 0.317 e. The molecule has 3 aliphatic rings. The largest absolute Gasteiger partial charge is 0.371 e. The standard InChI is InChI=1S/C26H25N7O2/c34-26-29-13-20-14-31(8-9-32(20)26)25-27-11-19(12-28-25)18-6-7-21-22(10-18)33-23(15-35-16-24(33)30-21)17-4-2-1-3-5-17/h1-7,10-12,20,23H,8-9,13-16H2,(H,29,34)/t20-,23-/m1/s1. The molecule has 9 heteroatoms. The zero-order valence-electron chi connectivity index (χ0n) is 19.2. The van der Waals surface area contributed by atoms with Crippen LogP contribution in [-0.2, 0) is 11.3 Å². The quantitative estimate of drug-likeness (QED) is 0.499. The Labute approximate surface area is 202 Å². The summed E-state index contributed by atoms with van der Waals surface area (Å²) in [4.78, 5) is 30.1. The lowest BCUT2D eigenvalue weighted by molar-refractivity contribution is 0.0679. The number of imidazole rings is 1. The number of hydrogen-bond acceptors (Lipinski definition) is 6. The van der Waals surface area contributed by atoms with E-state index in [1.807, 2.05) is 23.4 Å². The van der Waals surface area contributed by atoms with Crippen molar-refractivity contribution in [1.82, 2.24) is 29.7 Å². The molecule has 2 aromatic heterocycles. The molecule has 176 valence electrons. The second-order valence-corrected chi connectivity index (χ2v) is 9.29. The van der Waals surface area contributed by atoms with Crippen LogP contribution in [0.3, 0.4) is 0 Å². The fourth-order valence-corrected chi connectivity index (χ4v) is 5.45. The van der Waals surface area contributed by atoms with E-state index in [1.165, 1.54) is 5.56 Å². The Balaban J connectivity index is 1.19. The predicted octanol–water partition coefficient (Wildman–Crippen LogP) is 2.83. The highest BCUT2D eigenvalue weighted by molar-refractivity contribution is 5.83. The lowest BCUT2D eigenvalue weighted by Crippen LogP contribution is -2.52. The zero-order valence-corrected chi connectivity index (χ0v) is 19.2. The van der Waals surface area contributed by atoms with E-state index in [0.29, 0.717) is 32.3 Å². The lowest BCUT2D eigenvalue weighted by Gasteiger charge is -2.36. The number of aromatic nitrogens is 4. The molecule has 5 heterocycles. The molecule has 4 aromatic rings. The Bertz CT molecular complexity index is 1400. The number of fused-ring (bicyclic) bond motifs is 4. The molecule has 3 aliphatic heterocycles. The van der Waals surface area contributed by atoms with Gasteiger partial charge >= 0.3 is 6.03 Å². The number of carbonyl (C=O) groups excluding carboxylic acids is 1. The van der Waals surface area contributed by atoms with Crippen LogP contribution in [0, 0.1) is 0 Å². The van der Waals surface area contributed by atoms with E-state index in [1.54, 1.807) is 0 Å². The van der Waals surface area contributed by atoms with Gasteiger partial charge in [0, 0.05) is 44.1 Å². The van der Waals surface area contributed by atoms with Crippen molar-refractivity contribution in [2.24, 2.45) is 0 Å². The molecule has 2 fully saturated rings. The number of amides is 2. The summed E-state index contributed by atoms with van der Waals surface area (Å²) in [6.07, 6.45) is 3.78. The molecule has 0 spiro atoms. The summed E-state index contributed by atoms with van der Waals surface area (Å²) in [7, 11) is 0. The highest BCUT2D eigenvalue weighted by Crippen LogP contribution is 2.33. The summed E-state index contributed by atoms with van der Waals surface area (Å²) in [5.41, 5.74) is 5.29. The van der Waals surface area contributed by atoms with E-state index in [2.05, 4.69) is 67.2 Å². The van der Waals surface area contributed by atoms with Crippen molar-refractivity contribution in [2.45, 2.75) is 18.7 Å². The van der Waals surface area contributed by atoms with Crippen LogP contribution in [-0.4, -0.2) is 69.3 Å². The van der Waals surface area contributed by atoms with Gasteiger partial charge in [0.25, 0.3) is 0 Å². The topological polar surface area (TPSA) is 88.4 Å². The molecule has 2 aromatic carbocycles. The summed E-state index contributed by atoms with van der Waals surface area (Å²) < 4.78 is 8.19. The van der Waals surface area contributed by atoms with Gasteiger partial charge in [0.05, 0.1) is 29.7 Å². The average molecular weight is 468 g/mol. The van der Waals surface area contributed by atoms with E-state index in [-0.39, 0.29) is 18.1 Å². The molecule has 1 N–H and O–H groups in total. The van der Waals surface area contributed by atoms with E-state index < -0.39 is 0 Å². The highest BCUT2D eigenvalue weighted by Gasteiger charge is 2.36. The predicted molar refractivity (Wildman–Crippen MR) is 131 cm³/mol. The van der Waals surface area contributed by atoms with Crippen LogP contribution in [0.2, 0.25) is 0 Å². The summed E-state index contributed by atoms with van der Waals surface area (Å²) in [5, 5.41) is 2.92. The number of hydrogen-bond donors (Lipinski definition) is 1. The Morgan fingerprint density at radius 3 is 2.71 bits per heavy atom. The number of carbonyl (C=O) groups is 1. The molecule has 9 nitrogen and oxygen atoms in total. The molecular formula is C26H25N7O2. The van der Waals surface area contributed by atoms with Gasteiger partial charge in [-0.25, -0.2) is 19.7 Å². The summed E-state index contributed by atoms with van der Waals surface area (Å²) in [5.74, 6) is 1.65. The Kier molecular flexibility index (Phi) is 4.70. The van der Waals surface area contributed by atoms with Crippen LogP contribution < -0.4 is 10.2 Å². The summed E-state index contributed by atoms with van der Waals surface area (Å²) in [6.45, 7) is 3.99. The van der Waals surface area contributed by atoms with Crippen LogP contribution in [0.5, 0.6) is 0 Å². The summed E-state index contributed by atoms with van der Waals surface area (Å²) >= 11 is 0. The average Bonchev–Trinajstić information content (AvgIpc) is 3.48. The van der Waals surface area contributed by atoms with Gasteiger partial charge in [-0.3, -0.25) is 0 Å². The SMILES string of the molecule is O=C1NC[C@@H]2CN(c3ncc(-c4ccc5nc6n(c5c4)[C@@H](c4ccccc4)COC6)cn3)CCN12. The Hall–Kier alpha value is -3.98. The smallest absolute Gasteiger partial charge is 0.317 e. The van der Waals surface area contributed by atoms with Crippen molar-refractivity contribution in [2.75, 3.05) is 37.7 Å². The second kappa shape index (κ2) is 8.06. The second-order valence-electron chi connectivity index (χ2n) is 9.29. The molecular weight excluding hydrogens is 442 g/mol. The lowest BCUT2D eigenvalue weighted by atomic mass is 10.1. The number of ether oxygens (including phenoxy) is 1. The first-order valence-corrected chi connectivity index (χ1v) is 12.0. The minimum atomic E-state index is 0.0319. The maximum absolute atomic E-state index is 11.9. The van der Waals surface area contributed by atoms with Crippen molar-refractivity contribution in [1.29, 1.82) is 0 Å². The minimum Gasteiger partial charge on any atom is -0.371 e. The van der Waals surface area contributed by atoms with Crippen LogP contribution in [0.25, 0.3) is 22.2 Å². The fraction of sp³-hybridized carbons (Fsp3) is 0.308. The Morgan fingerprint density at radius 2 is 1.86 bits per heavy atom. The van der Waals surface area contributed by atoms with Gasteiger partial charge in [-0.1, -0.05) is 36.4 Å². The van der Waals surface area contributed by atoms with Gasteiger partial charge in [0.1, 0.15) is 12.4 Å². The molecule has 7 rings (SSSR count). The normalized spacial score (nSPS) is 21.7. The fourth-order valence-electron chi connectivity index (χ4n) is 5.45. The third-order valence-electron chi connectivity index (χ3n) is 7.25. The van der Waals surface area contributed by atoms with Crippen LogP contribution in [0.15, 0.2) is 60.9 Å². The molecule has 0 radical (unpaired) electrons. The zero-order chi connectivity index (χ0) is 23.4. The van der Waals surface area contributed by atoms with Gasteiger partial charge in [0.15, 0.2) is 0 Å². The van der Waals surface area contributed by atoms with E-state index in [0.717, 1.165) is 41.1 Å². The number of benzene rings is 2. The van der Waals surface area contributed by atoms with Crippen molar-refractivity contribution in [3.8, 4) is 11.1 Å². The first-order valence-electron chi connectivity index (χ1n) is 12.0. The molecule has 0 bridgehead atoms. The number of nitrogens with one attached hydrogen (secondary N) is 1. The van der Waals surface area contributed by atoms with Crippen molar-refractivity contribution in [3.63, 3.8) is 0 Å². The number of rotatable bonds is 3. The minimum absolute atomic E-state index is 0.0319. The molecule has 2 saturated heterocycles. The van der Waals surface area contributed by atoms with E-state index in [9.17, 15) is 4.79 Å². The van der Waals surface area contributed by atoms with E-state index in [4.69, 9.17) is 9.72 Å². The van der Waals surface area contributed by atoms with Gasteiger partial charge in [-0.05, 0) is 23.3 Å². The first-order chi connectivity index (χ1) is 17.2. The third kappa shape index (κ3) is 3.42. The molecule has 0 aliphatic carbocycles. The van der Waals surface area contributed by atoms with Crippen LogP contribution >= 0.6 is 0 Å². The molecule has 2 atom stereocenters. The molecule has 35 heavy (non-hydrogen) atoms. The van der Waals surface area contributed by atoms with Crippen molar-refractivity contribution >= 4 is 23.0 Å². The van der Waals surface area contributed by atoms with Gasteiger partial charge in [-0.2, -0.15) is 0 Å². The Morgan fingerprint density at radius 1 is 1.00 bits per heavy atom. The van der Waals surface area contributed by atoms with E-state index >= 15 is 0 Å².